The van der Waals surface area contributed by atoms with E-state index in [-0.39, 0.29) is 11.9 Å². The zero-order chi connectivity index (χ0) is 22.5. The van der Waals surface area contributed by atoms with Crippen molar-refractivity contribution in [3.8, 4) is 0 Å². The largest absolute Gasteiger partial charge is 0.356 e. The van der Waals surface area contributed by atoms with Gasteiger partial charge in [0.2, 0.25) is 0 Å². The van der Waals surface area contributed by atoms with E-state index in [9.17, 15) is 4.79 Å². The van der Waals surface area contributed by atoms with E-state index >= 15 is 0 Å². The number of aryl methyl sites for hydroxylation is 1. The van der Waals surface area contributed by atoms with Crippen LogP contribution in [-0.2, 0) is 0 Å². The molecule has 2 atom stereocenters. The summed E-state index contributed by atoms with van der Waals surface area (Å²) in [7, 11) is 0. The van der Waals surface area contributed by atoms with Gasteiger partial charge in [0.15, 0.2) is 5.65 Å². The molecule has 5 heterocycles. The van der Waals surface area contributed by atoms with Gasteiger partial charge in [0.05, 0.1) is 29.0 Å². The van der Waals surface area contributed by atoms with Crippen LogP contribution in [0.2, 0.25) is 0 Å². The summed E-state index contributed by atoms with van der Waals surface area (Å²) >= 11 is 0. The second-order valence-electron chi connectivity index (χ2n) is 9.61. The normalized spacial score (nSPS) is 21.4. The van der Waals surface area contributed by atoms with Crippen molar-refractivity contribution in [2.75, 3.05) is 24.5 Å². The minimum Gasteiger partial charge on any atom is -0.356 e. The van der Waals surface area contributed by atoms with Gasteiger partial charge in [0.1, 0.15) is 5.82 Å². The summed E-state index contributed by atoms with van der Waals surface area (Å²) in [6.07, 6.45) is 8.03. The standard InChI is InChI=1S/C25H29N7O/c1-16-9-11-30(14-16)24-17(2)15-32-22(27-24)12-20(29-32)21-8-3-4-10-31(21)25(33)19-7-5-6-18-13-26-28-23(18)19/h5-7,12-13,15-16,21H,3-4,8-11,14H2,1-2H3,(H,26,28)/t16-,21-/m0/s1. The first-order chi connectivity index (χ1) is 16.1. The Morgan fingerprint density at radius 3 is 2.94 bits per heavy atom. The van der Waals surface area contributed by atoms with Gasteiger partial charge in [-0.15, -0.1) is 0 Å². The lowest BCUT2D eigenvalue weighted by molar-refractivity contribution is 0.0607. The molecule has 6 rings (SSSR count). The predicted octanol–water partition coefficient (Wildman–Crippen LogP) is 4.13. The molecule has 8 nitrogen and oxygen atoms in total. The highest BCUT2D eigenvalue weighted by Crippen LogP contribution is 2.33. The summed E-state index contributed by atoms with van der Waals surface area (Å²) in [5, 5.41) is 12.9. The quantitative estimate of drug-likeness (QED) is 0.515. The fourth-order valence-corrected chi connectivity index (χ4v) is 5.41. The van der Waals surface area contributed by atoms with Crippen LogP contribution in [0.25, 0.3) is 16.6 Å². The van der Waals surface area contributed by atoms with E-state index in [1.165, 1.54) is 6.42 Å². The van der Waals surface area contributed by atoms with E-state index in [0.29, 0.717) is 11.5 Å². The lowest BCUT2D eigenvalue weighted by Crippen LogP contribution is -2.38. The van der Waals surface area contributed by atoms with E-state index in [0.717, 1.165) is 72.5 Å². The Hall–Kier alpha value is -3.42. The molecule has 2 aliphatic rings. The number of anilines is 1. The third kappa shape index (κ3) is 3.44. The average Bonchev–Trinajstić information content (AvgIpc) is 3.57. The summed E-state index contributed by atoms with van der Waals surface area (Å²) in [6, 6.07) is 7.78. The summed E-state index contributed by atoms with van der Waals surface area (Å²) in [5.74, 6) is 1.78. The van der Waals surface area contributed by atoms with Gasteiger partial charge in [-0.3, -0.25) is 9.89 Å². The number of carbonyl (C=O) groups excluding carboxylic acids is 1. The van der Waals surface area contributed by atoms with Crippen LogP contribution in [0, 0.1) is 12.8 Å². The molecule has 4 aromatic rings. The number of aromatic amines is 1. The van der Waals surface area contributed by atoms with Crippen molar-refractivity contribution in [2.24, 2.45) is 5.92 Å². The van der Waals surface area contributed by atoms with Crippen LogP contribution in [0.4, 0.5) is 5.82 Å². The Morgan fingerprint density at radius 1 is 1.18 bits per heavy atom. The molecule has 0 bridgehead atoms. The lowest BCUT2D eigenvalue weighted by atomic mass is 9.98. The average molecular weight is 444 g/mol. The fourth-order valence-electron chi connectivity index (χ4n) is 5.41. The number of benzene rings is 1. The van der Waals surface area contributed by atoms with Crippen molar-refractivity contribution in [3.05, 3.63) is 53.5 Å². The Labute approximate surface area is 192 Å². The zero-order valence-electron chi connectivity index (χ0n) is 19.2. The number of nitrogens with zero attached hydrogens (tertiary/aromatic N) is 6. The number of para-hydroxylation sites is 1. The third-order valence-corrected chi connectivity index (χ3v) is 7.16. The van der Waals surface area contributed by atoms with E-state index in [4.69, 9.17) is 10.1 Å². The van der Waals surface area contributed by atoms with E-state index in [2.05, 4.69) is 41.2 Å². The van der Waals surface area contributed by atoms with Crippen LogP contribution < -0.4 is 4.90 Å². The Bertz CT molecular complexity index is 1340. The van der Waals surface area contributed by atoms with Gasteiger partial charge < -0.3 is 9.80 Å². The number of hydrogen-bond acceptors (Lipinski definition) is 5. The maximum Gasteiger partial charge on any atom is 0.256 e. The topological polar surface area (TPSA) is 82.4 Å². The van der Waals surface area contributed by atoms with Crippen molar-refractivity contribution in [1.82, 2.24) is 29.7 Å². The zero-order valence-corrected chi connectivity index (χ0v) is 19.2. The number of likely N-dealkylation sites (tertiary alicyclic amines) is 1. The highest BCUT2D eigenvalue weighted by atomic mass is 16.2. The maximum absolute atomic E-state index is 13.6. The number of carbonyl (C=O) groups is 1. The molecular weight excluding hydrogens is 414 g/mol. The van der Waals surface area contributed by atoms with Crippen LogP contribution in [0.15, 0.2) is 36.7 Å². The van der Waals surface area contributed by atoms with Gasteiger partial charge in [0, 0.05) is 42.8 Å². The van der Waals surface area contributed by atoms with E-state index in [1.54, 1.807) is 6.20 Å². The maximum atomic E-state index is 13.6. The minimum absolute atomic E-state index is 0.0301. The van der Waals surface area contributed by atoms with Crippen molar-refractivity contribution in [1.29, 1.82) is 0 Å². The van der Waals surface area contributed by atoms with Gasteiger partial charge >= 0.3 is 0 Å². The molecule has 1 aromatic carbocycles. The Balaban J connectivity index is 1.35. The number of H-pyrrole nitrogens is 1. The summed E-state index contributed by atoms with van der Waals surface area (Å²) in [5.41, 5.74) is 4.36. The fraction of sp³-hybridized carbons (Fsp3) is 0.440. The first-order valence-corrected chi connectivity index (χ1v) is 11.9. The number of nitrogens with one attached hydrogen (secondary N) is 1. The summed E-state index contributed by atoms with van der Waals surface area (Å²) in [4.78, 5) is 23.0. The number of hydrogen-bond donors (Lipinski definition) is 1. The van der Waals surface area contributed by atoms with Crippen molar-refractivity contribution < 1.29 is 4.79 Å². The second kappa shape index (κ2) is 7.86. The van der Waals surface area contributed by atoms with Crippen LogP contribution >= 0.6 is 0 Å². The number of rotatable bonds is 3. The molecule has 33 heavy (non-hydrogen) atoms. The molecule has 2 fully saturated rings. The predicted molar refractivity (Wildman–Crippen MR) is 127 cm³/mol. The van der Waals surface area contributed by atoms with Gasteiger partial charge in [0.25, 0.3) is 5.91 Å². The summed E-state index contributed by atoms with van der Waals surface area (Å²) < 4.78 is 1.88. The van der Waals surface area contributed by atoms with Crippen LogP contribution in [0.1, 0.15) is 60.3 Å². The molecule has 0 radical (unpaired) electrons. The molecule has 0 unspecified atom stereocenters. The van der Waals surface area contributed by atoms with E-state index < -0.39 is 0 Å². The van der Waals surface area contributed by atoms with Crippen molar-refractivity contribution >= 4 is 28.3 Å². The Kier molecular flexibility index (Phi) is 4.81. The molecule has 1 N–H and O–H groups in total. The third-order valence-electron chi connectivity index (χ3n) is 7.16. The molecule has 170 valence electrons. The number of fused-ring (bicyclic) bond motifs is 2. The SMILES string of the molecule is Cc1cn2nc([C@@H]3CCCCN3C(=O)c3cccc4cn[nH]c34)cc2nc1N1CC[C@H](C)C1. The van der Waals surface area contributed by atoms with Crippen LogP contribution in [0.5, 0.6) is 0 Å². The molecular formula is C25H29N7O. The molecule has 8 heteroatoms. The second-order valence-corrected chi connectivity index (χ2v) is 9.61. The highest BCUT2D eigenvalue weighted by Gasteiger charge is 2.32. The Morgan fingerprint density at radius 2 is 2.09 bits per heavy atom. The van der Waals surface area contributed by atoms with E-state index in [1.807, 2.05) is 27.6 Å². The van der Waals surface area contributed by atoms with Crippen LogP contribution in [0.3, 0.4) is 0 Å². The molecule has 0 aliphatic carbocycles. The summed E-state index contributed by atoms with van der Waals surface area (Å²) in [6.45, 7) is 7.23. The van der Waals surface area contributed by atoms with Crippen molar-refractivity contribution in [3.63, 3.8) is 0 Å². The monoisotopic (exact) mass is 443 g/mol. The molecule has 2 saturated heterocycles. The lowest BCUT2D eigenvalue weighted by Gasteiger charge is -2.34. The molecule has 0 saturated carbocycles. The molecule has 2 aliphatic heterocycles. The van der Waals surface area contributed by atoms with Crippen molar-refractivity contribution in [2.45, 2.75) is 45.6 Å². The first-order valence-electron chi connectivity index (χ1n) is 11.9. The van der Waals surface area contributed by atoms with Gasteiger partial charge in [-0.2, -0.15) is 10.2 Å². The number of aromatic nitrogens is 5. The van der Waals surface area contributed by atoms with Gasteiger partial charge in [-0.1, -0.05) is 19.1 Å². The molecule has 3 aromatic heterocycles. The molecule has 1 amide bonds. The number of piperidine rings is 1. The van der Waals surface area contributed by atoms with Gasteiger partial charge in [-0.25, -0.2) is 9.50 Å². The van der Waals surface area contributed by atoms with Crippen LogP contribution in [-0.4, -0.2) is 55.2 Å². The first kappa shape index (κ1) is 20.2. The van der Waals surface area contributed by atoms with Gasteiger partial charge in [-0.05, 0) is 44.6 Å². The smallest absolute Gasteiger partial charge is 0.256 e. The molecule has 0 spiro atoms. The highest BCUT2D eigenvalue weighted by molar-refractivity contribution is 6.05. The number of amides is 1. The minimum atomic E-state index is -0.0540.